The van der Waals surface area contributed by atoms with E-state index in [0.29, 0.717) is 0 Å². The molecule has 2 heterocycles. The molecule has 1 aromatic heterocycles. The Kier molecular flexibility index (Phi) is 4.87. The van der Waals surface area contributed by atoms with E-state index in [1.165, 1.54) is 23.3 Å². The molecular weight excluding hydrogens is 280 g/mol. The van der Waals surface area contributed by atoms with Gasteiger partial charge in [-0.05, 0) is 50.2 Å². The minimum atomic E-state index is 0. The fourth-order valence-corrected chi connectivity index (χ4v) is 4.17. The number of thiophene rings is 1. The second-order valence-electron chi connectivity index (χ2n) is 5.42. The van der Waals surface area contributed by atoms with Crippen molar-refractivity contribution in [3.05, 3.63) is 21.4 Å². The molecule has 1 aromatic rings. The quantitative estimate of drug-likeness (QED) is 0.866. The monoisotopic (exact) mass is 300 g/mol. The smallest absolute Gasteiger partial charge is 0.263 e. The number of halogens is 1. The van der Waals surface area contributed by atoms with Crippen LogP contribution in [0.3, 0.4) is 0 Å². The van der Waals surface area contributed by atoms with Crippen LogP contribution in [0.2, 0.25) is 0 Å². The zero-order valence-electron chi connectivity index (χ0n) is 11.1. The van der Waals surface area contributed by atoms with E-state index in [1.807, 2.05) is 4.90 Å². The summed E-state index contributed by atoms with van der Waals surface area (Å²) in [5.41, 5.74) is 7.36. The molecule has 2 aliphatic rings. The lowest BCUT2D eigenvalue weighted by Gasteiger charge is -2.30. The van der Waals surface area contributed by atoms with Crippen LogP contribution in [0.25, 0.3) is 0 Å². The first-order chi connectivity index (χ1) is 8.74. The van der Waals surface area contributed by atoms with Gasteiger partial charge in [-0.15, -0.1) is 23.7 Å². The Morgan fingerprint density at radius 1 is 1.32 bits per heavy atom. The standard InChI is InChI=1S/C14H20N2OS.ClH/c15-11-5-3-7-16(9-11)14(17)13-8-10-4-1-2-6-12(10)18-13;/h8,11H,1-7,9,15H2;1H. The molecule has 3 rings (SSSR count). The van der Waals surface area contributed by atoms with Gasteiger partial charge >= 0.3 is 0 Å². The highest BCUT2D eigenvalue weighted by atomic mass is 35.5. The van der Waals surface area contributed by atoms with Crippen molar-refractivity contribution in [1.82, 2.24) is 4.90 Å². The summed E-state index contributed by atoms with van der Waals surface area (Å²) in [6.45, 7) is 1.59. The van der Waals surface area contributed by atoms with Gasteiger partial charge in [0.15, 0.2) is 0 Å². The molecule has 5 heteroatoms. The number of fused-ring (bicyclic) bond motifs is 1. The van der Waals surface area contributed by atoms with E-state index in [4.69, 9.17) is 5.73 Å². The van der Waals surface area contributed by atoms with Gasteiger partial charge < -0.3 is 10.6 Å². The van der Waals surface area contributed by atoms with Gasteiger partial charge in [-0.2, -0.15) is 0 Å². The predicted molar refractivity (Wildman–Crippen MR) is 81.3 cm³/mol. The molecule has 1 saturated heterocycles. The SMILES string of the molecule is Cl.NC1CCCN(C(=O)c2cc3c(s2)CCCC3)C1. The van der Waals surface area contributed by atoms with Crippen LogP contribution in [0, 0.1) is 0 Å². The third-order valence-electron chi connectivity index (χ3n) is 3.95. The molecule has 0 aromatic carbocycles. The summed E-state index contributed by atoms with van der Waals surface area (Å²) in [7, 11) is 0. The summed E-state index contributed by atoms with van der Waals surface area (Å²) in [4.78, 5) is 16.7. The third-order valence-corrected chi connectivity index (χ3v) is 5.18. The zero-order valence-corrected chi connectivity index (χ0v) is 12.7. The molecule has 1 amide bonds. The highest BCUT2D eigenvalue weighted by Crippen LogP contribution is 2.30. The van der Waals surface area contributed by atoms with E-state index in [0.717, 1.165) is 43.6 Å². The topological polar surface area (TPSA) is 46.3 Å². The van der Waals surface area contributed by atoms with Crippen LogP contribution in [-0.2, 0) is 12.8 Å². The number of amides is 1. The van der Waals surface area contributed by atoms with Gasteiger partial charge in [0.2, 0.25) is 0 Å². The third kappa shape index (κ3) is 3.12. The number of likely N-dealkylation sites (tertiary alicyclic amines) is 1. The van der Waals surface area contributed by atoms with Crippen LogP contribution in [-0.4, -0.2) is 29.9 Å². The van der Waals surface area contributed by atoms with Gasteiger partial charge in [0.05, 0.1) is 4.88 Å². The summed E-state index contributed by atoms with van der Waals surface area (Å²) in [6.07, 6.45) is 6.94. The Balaban J connectivity index is 0.00000133. The second-order valence-corrected chi connectivity index (χ2v) is 6.56. The molecule has 0 radical (unpaired) electrons. The molecule has 0 saturated carbocycles. The largest absolute Gasteiger partial charge is 0.336 e. The van der Waals surface area contributed by atoms with E-state index in [2.05, 4.69) is 6.07 Å². The number of rotatable bonds is 1. The van der Waals surface area contributed by atoms with Crippen LogP contribution < -0.4 is 5.73 Å². The predicted octanol–water partition coefficient (Wildman–Crippen LogP) is 2.61. The number of hydrogen-bond acceptors (Lipinski definition) is 3. The average Bonchev–Trinajstić information content (AvgIpc) is 2.81. The Morgan fingerprint density at radius 3 is 2.84 bits per heavy atom. The number of nitrogens with zero attached hydrogens (tertiary/aromatic N) is 1. The van der Waals surface area contributed by atoms with Crippen molar-refractivity contribution < 1.29 is 4.79 Å². The van der Waals surface area contributed by atoms with Gasteiger partial charge in [-0.25, -0.2) is 0 Å². The highest BCUT2D eigenvalue weighted by Gasteiger charge is 2.25. The van der Waals surface area contributed by atoms with Crippen LogP contribution in [0.4, 0.5) is 0 Å². The summed E-state index contributed by atoms with van der Waals surface area (Å²) < 4.78 is 0. The number of piperidine rings is 1. The number of nitrogens with two attached hydrogens (primary N) is 1. The number of aryl methyl sites for hydroxylation is 2. The van der Waals surface area contributed by atoms with Crippen molar-refractivity contribution in [2.24, 2.45) is 5.73 Å². The molecular formula is C14H21ClN2OS. The van der Waals surface area contributed by atoms with Crippen molar-refractivity contribution in [3.8, 4) is 0 Å². The molecule has 1 fully saturated rings. The maximum atomic E-state index is 12.4. The summed E-state index contributed by atoms with van der Waals surface area (Å²) in [6, 6.07) is 2.29. The first kappa shape index (κ1) is 14.8. The van der Waals surface area contributed by atoms with Gasteiger partial charge in [0.25, 0.3) is 5.91 Å². The van der Waals surface area contributed by atoms with Crippen molar-refractivity contribution in [2.45, 2.75) is 44.6 Å². The molecule has 1 atom stereocenters. The molecule has 0 bridgehead atoms. The van der Waals surface area contributed by atoms with E-state index >= 15 is 0 Å². The van der Waals surface area contributed by atoms with Crippen LogP contribution in [0.15, 0.2) is 6.07 Å². The van der Waals surface area contributed by atoms with Gasteiger partial charge in [0, 0.05) is 24.0 Å². The van der Waals surface area contributed by atoms with Crippen molar-refractivity contribution in [1.29, 1.82) is 0 Å². The van der Waals surface area contributed by atoms with Gasteiger partial charge in [-0.3, -0.25) is 4.79 Å². The van der Waals surface area contributed by atoms with E-state index < -0.39 is 0 Å². The Bertz CT molecular complexity index is 437. The van der Waals surface area contributed by atoms with E-state index in [9.17, 15) is 4.79 Å². The molecule has 2 N–H and O–H groups in total. The molecule has 1 aliphatic heterocycles. The fourth-order valence-electron chi connectivity index (χ4n) is 2.95. The molecule has 0 spiro atoms. The molecule has 1 unspecified atom stereocenters. The fraction of sp³-hybridized carbons (Fsp3) is 0.643. The number of carbonyl (C=O) groups excluding carboxylic acids is 1. The normalized spacial score (nSPS) is 22.6. The highest BCUT2D eigenvalue weighted by molar-refractivity contribution is 7.14. The lowest BCUT2D eigenvalue weighted by atomic mass is 9.99. The van der Waals surface area contributed by atoms with Gasteiger partial charge in [0.1, 0.15) is 0 Å². The number of carbonyl (C=O) groups is 1. The molecule has 106 valence electrons. The maximum absolute atomic E-state index is 12.4. The molecule has 1 aliphatic carbocycles. The number of hydrogen-bond donors (Lipinski definition) is 1. The Morgan fingerprint density at radius 2 is 2.11 bits per heavy atom. The summed E-state index contributed by atoms with van der Waals surface area (Å²) in [5, 5.41) is 0. The summed E-state index contributed by atoms with van der Waals surface area (Å²) >= 11 is 1.71. The van der Waals surface area contributed by atoms with Crippen LogP contribution in [0.5, 0.6) is 0 Å². The lowest BCUT2D eigenvalue weighted by molar-refractivity contribution is 0.0713. The lowest BCUT2D eigenvalue weighted by Crippen LogP contribution is -2.45. The Hall–Kier alpha value is -0.580. The first-order valence-corrected chi connectivity index (χ1v) is 7.72. The summed E-state index contributed by atoms with van der Waals surface area (Å²) in [5.74, 6) is 0.199. The van der Waals surface area contributed by atoms with Crippen LogP contribution >= 0.6 is 23.7 Å². The van der Waals surface area contributed by atoms with Crippen molar-refractivity contribution in [2.75, 3.05) is 13.1 Å². The van der Waals surface area contributed by atoms with Crippen molar-refractivity contribution in [3.63, 3.8) is 0 Å². The molecule has 3 nitrogen and oxygen atoms in total. The van der Waals surface area contributed by atoms with E-state index in [1.54, 1.807) is 11.3 Å². The minimum Gasteiger partial charge on any atom is -0.336 e. The first-order valence-electron chi connectivity index (χ1n) is 6.90. The Labute approximate surface area is 124 Å². The zero-order chi connectivity index (χ0) is 12.5. The average molecular weight is 301 g/mol. The molecule has 19 heavy (non-hydrogen) atoms. The van der Waals surface area contributed by atoms with E-state index in [-0.39, 0.29) is 24.4 Å². The van der Waals surface area contributed by atoms with Gasteiger partial charge in [-0.1, -0.05) is 0 Å². The maximum Gasteiger partial charge on any atom is 0.263 e. The van der Waals surface area contributed by atoms with Crippen molar-refractivity contribution >= 4 is 29.7 Å². The van der Waals surface area contributed by atoms with Crippen LogP contribution in [0.1, 0.15) is 45.8 Å². The minimum absolute atomic E-state index is 0. The second kappa shape index (κ2) is 6.25.